The van der Waals surface area contributed by atoms with E-state index in [4.69, 9.17) is 14.2 Å². The van der Waals surface area contributed by atoms with E-state index in [1.54, 1.807) is 39.5 Å². The summed E-state index contributed by atoms with van der Waals surface area (Å²) in [7, 11) is 4.71. The summed E-state index contributed by atoms with van der Waals surface area (Å²) in [5.41, 5.74) is 4.54. The highest BCUT2D eigenvalue weighted by molar-refractivity contribution is 8.12. The third-order valence-electron chi connectivity index (χ3n) is 6.66. The van der Waals surface area contributed by atoms with Crippen molar-refractivity contribution in [1.29, 1.82) is 0 Å². The maximum atomic E-state index is 13.5. The molecule has 3 aromatic carbocycles. The summed E-state index contributed by atoms with van der Waals surface area (Å²) in [6.07, 6.45) is 3.03. The zero-order valence-electron chi connectivity index (χ0n) is 22.6. The predicted molar refractivity (Wildman–Crippen MR) is 157 cm³/mol. The van der Waals surface area contributed by atoms with Crippen LogP contribution in [0, 0.1) is 0 Å². The van der Waals surface area contributed by atoms with Gasteiger partial charge in [0.2, 0.25) is 5.75 Å². The number of thioether (sulfide) groups is 2. The van der Waals surface area contributed by atoms with Gasteiger partial charge in [-0.05, 0) is 71.7 Å². The average molecular weight is 566 g/mol. The van der Waals surface area contributed by atoms with Gasteiger partial charge in [0.25, 0.3) is 5.91 Å². The highest BCUT2D eigenvalue weighted by Gasteiger charge is 2.30. The fourth-order valence-electron chi connectivity index (χ4n) is 4.85. The standard InChI is InChI=1S/C30H31NO6S2/c1-17(32)39-16-18-7-6-8-20(13-18)30(34)31-23-11-9-19-14-25(35-2)28(36-3)29(37-4)27(19)21-10-12-26(38-5)24(33)15-22(21)23/h6-8,10,12-15,23H,9,11,16H2,1-5H3,(H,31,34)/t23-/m0/s1. The third kappa shape index (κ3) is 6.09. The van der Waals surface area contributed by atoms with E-state index in [2.05, 4.69) is 5.32 Å². The smallest absolute Gasteiger partial charge is 0.251 e. The van der Waals surface area contributed by atoms with Gasteiger partial charge in [-0.1, -0.05) is 30.0 Å². The average Bonchev–Trinajstić information content (AvgIpc) is 3.19. The van der Waals surface area contributed by atoms with Gasteiger partial charge in [-0.25, -0.2) is 0 Å². The minimum Gasteiger partial charge on any atom is -0.493 e. The summed E-state index contributed by atoms with van der Waals surface area (Å²) in [5, 5.41) is 3.19. The van der Waals surface area contributed by atoms with E-state index in [0.29, 0.717) is 51.9 Å². The Labute approximate surface area is 236 Å². The van der Waals surface area contributed by atoms with Crippen molar-refractivity contribution >= 4 is 34.5 Å². The van der Waals surface area contributed by atoms with E-state index in [0.717, 1.165) is 22.3 Å². The zero-order valence-corrected chi connectivity index (χ0v) is 24.2. The van der Waals surface area contributed by atoms with Crippen LogP contribution in [0.25, 0.3) is 11.1 Å². The monoisotopic (exact) mass is 565 g/mol. The quantitative estimate of drug-likeness (QED) is 0.350. The number of aryl methyl sites for hydroxylation is 1. The highest BCUT2D eigenvalue weighted by Crippen LogP contribution is 2.50. The molecule has 0 bridgehead atoms. The number of fused-ring (bicyclic) bond motifs is 3. The lowest BCUT2D eigenvalue weighted by atomic mass is 9.95. The molecule has 0 fully saturated rings. The third-order valence-corrected chi connectivity index (χ3v) is 8.32. The number of amides is 1. The number of rotatable bonds is 8. The van der Waals surface area contributed by atoms with Crippen molar-refractivity contribution in [2.45, 2.75) is 36.5 Å². The van der Waals surface area contributed by atoms with Gasteiger partial charge in [0.15, 0.2) is 22.0 Å². The lowest BCUT2D eigenvalue weighted by molar-refractivity contribution is -0.109. The first-order valence-corrected chi connectivity index (χ1v) is 14.6. The molecule has 3 aromatic rings. The number of ether oxygens (including phenoxy) is 3. The maximum absolute atomic E-state index is 13.5. The van der Waals surface area contributed by atoms with Crippen molar-refractivity contribution in [2.75, 3.05) is 27.6 Å². The van der Waals surface area contributed by atoms with E-state index < -0.39 is 6.04 Å². The van der Waals surface area contributed by atoms with Crippen molar-refractivity contribution in [3.05, 3.63) is 81.0 Å². The summed E-state index contributed by atoms with van der Waals surface area (Å²) >= 11 is 2.58. The van der Waals surface area contributed by atoms with Crippen LogP contribution in [-0.2, 0) is 17.0 Å². The van der Waals surface area contributed by atoms with Gasteiger partial charge >= 0.3 is 0 Å². The molecular weight excluding hydrogens is 534 g/mol. The van der Waals surface area contributed by atoms with Crippen LogP contribution in [0.5, 0.6) is 17.2 Å². The summed E-state index contributed by atoms with van der Waals surface area (Å²) in [5.74, 6) is 1.77. The summed E-state index contributed by atoms with van der Waals surface area (Å²) < 4.78 is 17.1. The van der Waals surface area contributed by atoms with Crippen molar-refractivity contribution in [1.82, 2.24) is 5.32 Å². The van der Waals surface area contributed by atoms with Gasteiger partial charge in [-0.2, -0.15) is 0 Å². The SMILES string of the molecule is COc1cc2c(c(OC)c1OC)-c1ccc(SC)c(=O)cc1[C@@H](NC(=O)c1cccc(CSC(C)=O)c1)CC2. The molecule has 0 spiro atoms. The first kappa shape index (κ1) is 28.6. The van der Waals surface area contributed by atoms with E-state index in [1.165, 1.54) is 30.4 Å². The molecule has 1 aliphatic rings. The molecule has 0 unspecified atom stereocenters. The van der Waals surface area contributed by atoms with Gasteiger partial charge in [0.05, 0.1) is 32.3 Å². The molecule has 0 saturated heterocycles. The molecule has 1 N–H and O–H groups in total. The molecular formula is C30H31NO6S2. The molecule has 39 heavy (non-hydrogen) atoms. The predicted octanol–water partition coefficient (Wildman–Crippen LogP) is 5.66. The first-order valence-electron chi connectivity index (χ1n) is 12.4. The molecule has 4 rings (SSSR count). The van der Waals surface area contributed by atoms with Crippen molar-refractivity contribution in [2.24, 2.45) is 0 Å². The number of hydrogen-bond acceptors (Lipinski definition) is 8. The maximum Gasteiger partial charge on any atom is 0.251 e. The number of hydrogen-bond donors (Lipinski definition) is 1. The Morgan fingerprint density at radius 3 is 2.44 bits per heavy atom. The Balaban J connectivity index is 1.83. The molecule has 7 nitrogen and oxygen atoms in total. The minimum atomic E-state index is -0.438. The molecule has 0 radical (unpaired) electrons. The second kappa shape index (κ2) is 12.6. The van der Waals surface area contributed by atoms with Crippen molar-refractivity contribution in [3.63, 3.8) is 0 Å². The van der Waals surface area contributed by atoms with Crippen LogP contribution in [0.2, 0.25) is 0 Å². The van der Waals surface area contributed by atoms with Gasteiger partial charge in [0, 0.05) is 23.8 Å². The van der Waals surface area contributed by atoms with Gasteiger partial charge < -0.3 is 19.5 Å². The molecule has 1 amide bonds. The van der Waals surface area contributed by atoms with Crippen LogP contribution in [-0.4, -0.2) is 38.6 Å². The van der Waals surface area contributed by atoms with Gasteiger partial charge in [-0.3, -0.25) is 14.4 Å². The van der Waals surface area contributed by atoms with Crippen LogP contribution >= 0.6 is 23.5 Å². The molecule has 0 saturated carbocycles. The highest BCUT2D eigenvalue weighted by atomic mass is 32.2. The van der Waals surface area contributed by atoms with Crippen molar-refractivity contribution in [3.8, 4) is 28.4 Å². The molecule has 204 valence electrons. The number of benzene rings is 2. The van der Waals surface area contributed by atoms with Crippen LogP contribution in [0.15, 0.2) is 58.2 Å². The minimum absolute atomic E-state index is 0.0223. The lowest BCUT2D eigenvalue weighted by Gasteiger charge is -2.20. The zero-order chi connectivity index (χ0) is 28.1. The number of methoxy groups -OCH3 is 3. The molecule has 9 heteroatoms. The molecule has 0 aliphatic heterocycles. The van der Waals surface area contributed by atoms with E-state index in [9.17, 15) is 14.4 Å². The largest absolute Gasteiger partial charge is 0.493 e. The van der Waals surface area contributed by atoms with Gasteiger partial charge in [-0.15, -0.1) is 11.8 Å². The lowest BCUT2D eigenvalue weighted by Crippen LogP contribution is -2.29. The fourth-order valence-corrected chi connectivity index (χ4v) is 5.86. The second-order valence-corrected chi connectivity index (χ2v) is 11.0. The van der Waals surface area contributed by atoms with Crippen molar-refractivity contribution < 1.29 is 23.8 Å². The fraction of sp³-hybridized carbons (Fsp3) is 0.300. The van der Waals surface area contributed by atoms with Crippen LogP contribution in [0.4, 0.5) is 0 Å². The van der Waals surface area contributed by atoms with E-state index in [1.807, 2.05) is 36.6 Å². The number of nitrogens with one attached hydrogen (secondary N) is 1. The molecule has 1 aliphatic carbocycles. The second-order valence-electron chi connectivity index (χ2n) is 9.00. The Morgan fingerprint density at radius 1 is 1.00 bits per heavy atom. The Morgan fingerprint density at radius 2 is 1.77 bits per heavy atom. The van der Waals surface area contributed by atoms with Crippen LogP contribution in [0.1, 0.15) is 46.4 Å². The Kier molecular flexibility index (Phi) is 9.24. The van der Waals surface area contributed by atoms with Crippen LogP contribution < -0.4 is 25.0 Å². The van der Waals surface area contributed by atoms with E-state index >= 15 is 0 Å². The first-order chi connectivity index (χ1) is 18.8. The molecule has 1 atom stereocenters. The summed E-state index contributed by atoms with van der Waals surface area (Å²) in [6.45, 7) is 1.52. The Bertz CT molecular complexity index is 1470. The Hall–Kier alpha value is -3.43. The number of carbonyl (C=O) groups is 2. The molecule has 0 aromatic heterocycles. The number of carbonyl (C=O) groups excluding carboxylic acids is 2. The summed E-state index contributed by atoms with van der Waals surface area (Å²) in [4.78, 5) is 38.6. The topological polar surface area (TPSA) is 90.9 Å². The van der Waals surface area contributed by atoms with E-state index in [-0.39, 0.29) is 16.5 Å². The summed E-state index contributed by atoms with van der Waals surface area (Å²) in [6, 6.07) is 14.1. The van der Waals surface area contributed by atoms with Crippen LogP contribution in [0.3, 0.4) is 0 Å². The molecule has 0 heterocycles. The normalized spacial score (nSPS) is 13.9. The van der Waals surface area contributed by atoms with Gasteiger partial charge in [0.1, 0.15) is 0 Å².